The lowest BCUT2D eigenvalue weighted by Crippen LogP contribution is -2.43. The van der Waals surface area contributed by atoms with E-state index in [9.17, 15) is 13.6 Å². The van der Waals surface area contributed by atoms with Crippen LogP contribution >= 0.6 is 0 Å². The summed E-state index contributed by atoms with van der Waals surface area (Å²) in [6.07, 6.45) is 2.41. The smallest absolute Gasteiger partial charge is 0.272 e. The number of carbonyl (C=O) groups is 1. The molecule has 178 valence electrons. The number of nitrogens with zero attached hydrogens (tertiary/aromatic N) is 4. The molecule has 0 unspecified atom stereocenters. The summed E-state index contributed by atoms with van der Waals surface area (Å²) in [4.78, 5) is 17.8. The summed E-state index contributed by atoms with van der Waals surface area (Å²) in [5.41, 5.74) is 4.86. The van der Waals surface area contributed by atoms with Crippen LogP contribution in [0.25, 0.3) is 5.69 Å². The average molecular weight is 466 g/mol. The largest absolute Gasteiger partial charge is 0.347 e. The normalized spacial score (nSPS) is 16.6. The van der Waals surface area contributed by atoms with E-state index in [4.69, 9.17) is 0 Å². The van der Waals surface area contributed by atoms with Crippen molar-refractivity contribution in [1.82, 2.24) is 24.9 Å². The van der Waals surface area contributed by atoms with Crippen molar-refractivity contribution < 1.29 is 13.6 Å². The minimum Gasteiger partial charge on any atom is -0.347 e. The fourth-order valence-electron chi connectivity index (χ4n) is 4.74. The molecule has 0 atom stereocenters. The van der Waals surface area contributed by atoms with Crippen LogP contribution in [-0.2, 0) is 25.9 Å². The van der Waals surface area contributed by atoms with Crippen LogP contribution in [0.3, 0.4) is 0 Å². The van der Waals surface area contributed by atoms with Gasteiger partial charge in [0.15, 0.2) is 17.3 Å². The van der Waals surface area contributed by atoms with Crippen LogP contribution in [0.1, 0.15) is 39.3 Å². The lowest BCUT2D eigenvalue weighted by Gasteiger charge is -2.32. The first-order chi connectivity index (χ1) is 16.5. The number of piperazine rings is 1. The zero-order chi connectivity index (χ0) is 23.7. The van der Waals surface area contributed by atoms with Gasteiger partial charge in [0.2, 0.25) is 0 Å². The second-order valence-corrected chi connectivity index (χ2v) is 9.22. The third-order valence-corrected chi connectivity index (χ3v) is 6.77. The lowest BCUT2D eigenvalue weighted by atomic mass is 10.1. The topological polar surface area (TPSA) is 53.4 Å². The van der Waals surface area contributed by atoms with Gasteiger partial charge in [-0.3, -0.25) is 9.69 Å². The Labute approximate surface area is 198 Å². The molecule has 1 aromatic heterocycles. The number of halogens is 2. The number of aromatic nitrogens is 2. The molecule has 5 rings (SSSR count). The zero-order valence-electron chi connectivity index (χ0n) is 19.4. The molecule has 1 fully saturated rings. The van der Waals surface area contributed by atoms with Gasteiger partial charge in [0.1, 0.15) is 0 Å². The number of likely N-dealkylation sites (N-methyl/N-ethyl adjacent to an activating group) is 1. The minimum atomic E-state index is -0.929. The summed E-state index contributed by atoms with van der Waals surface area (Å²) in [5, 5.41) is 7.45. The number of hydrogen-bond acceptors (Lipinski definition) is 4. The molecular formula is C26H29F2N5O. The summed E-state index contributed by atoms with van der Waals surface area (Å²) in [5.74, 6) is -2.08. The first kappa shape index (κ1) is 22.7. The second-order valence-electron chi connectivity index (χ2n) is 9.22. The molecule has 2 aromatic carbocycles. The molecule has 3 aromatic rings. The molecule has 0 radical (unpaired) electrons. The summed E-state index contributed by atoms with van der Waals surface area (Å²) in [7, 11) is 2.15. The SMILES string of the molecule is CN1CCN(Cc2ccc(CNC(=O)c3nn(-c4ccc(F)c(F)c4)c4c3CCC4)cc2)CC1. The lowest BCUT2D eigenvalue weighted by molar-refractivity contribution is 0.0944. The Kier molecular flexibility index (Phi) is 6.43. The predicted octanol–water partition coefficient (Wildman–Crippen LogP) is 3.32. The maximum Gasteiger partial charge on any atom is 0.272 e. The monoisotopic (exact) mass is 465 g/mol. The Bertz CT molecular complexity index is 1180. The van der Waals surface area contributed by atoms with Gasteiger partial charge in [0.25, 0.3) is 5.91 Å². The summed E-state index contributed by atoms with van der Waals surface area (Å²) in [6, 6.07) is 12.0. The van der Waals surface area contributed by atoms with Crippen molar-refractivity contribution in [3.63, 3.8) is 0 Å². The van der Waals surface area contributed by atoms with E-state index in [1.165, 1.54) is 11.6 Å². The van der Waals surface area contributed by atoms with Crippen LogP contribution in [0.2, 0.25) is 0 Å². The van der Waals surface area contributed by atoms with E-state index in [1.54, 1.807) is 4.68 Å². The van der Waals surface area contributed by atoms with E-state index in [0.717, 1.165) is 80.9 Å². The fraction of sp³-hybridized carbons (Fsp3) is 0.385. The van der Waals surface area contributed by atoms with Crippen molar-refractivity contribution in [2.24, 2.45) is 0 Å². The summed E-state index contributed by atoms with van der Waals surface area (Å²) >= 11 is 0. The van der Waals surface area contributed by atoms with Gasteiger partial charge in [-0.25, -0.2) is 13.5 Å². The Balaban J connectivity index is 1.24. The molecule has 2 aliphatic rings. The number of amides is 1. The van der Waals surface area contributed by atoms with Crippen LogP contribution in [-0.4, -0.2) is 58.7 Å². The maximum atomic E-state index is 13.8. The van der Waals surface area contributed by atoms with E-state index in [2.05, 4.69) is 51.5 Å². The Morgan fingerprint density at radius 1 is 0.971 bits per heavy atom. The molecule has 1 amide bonds. The van der Waals surface area contributed by atoms with E-state index in [1.807, 2.05) is 0 Å². The highest BCUT2D eigenvalue weighted by molar-refractivity contribution is 5.94. The van der Waals surface area contributed by atoms with Gasteiger partial charge in [-0.1, -0.05) is 24.3 Å². The van der Waals surface area contributed by atoms with Crippen molar-refractivity contribution in [1.29, 1.82) is 0 Å². The number of carbonyl (C=O) groups excluding carboxylic acids is 1. The van der Waals surface area contributed by atoms with Crippen LogP contribution in [0.5, 0.6) is 0 Å². The third-order valence-electron chi connectivity index (χ3n) is 6.77. The van der Waals surface area contributed by atoms with Crippen LogP contribution in [0, 0.1) is 11.6 Å². The van der Waals surface area contributed by atoms with E-state index in [-0.39, 0.29) is 5.91 Å². The number of hydrogen-bond donors (Lipinski definition) is 1. The molecule has 1 aliphatic carbocycles. The van der Waals surface area contributed by atoms with Gasteiger partial charge >= 0.3 is 0 Å². The quantitative estimate of drug-likeness (QED) is 0.607. The van der Waals surface area contributed by atoms with Crippen LogP contribution < -0.4 is 5.32 Å². The molecule has 2 heterocycles. The van der Waals surface area contributed by atoms with E-state index in [0.29, 0.717) is 17.9 Å². The molecule has 0 bridgehead atoms. The fourth-order valence-corrected chi connectivity index (χ4v) is 4.74. The zero-order valence-corrected chi connectivity index (χ0v) is 19.4. The second kappa shape index (κ2) is 9.64. The number of benzene rings is 2. The highest BCUT2D eigenvalue weighted by Gasteiger charge is 2.27. The van der Waals surface area contributed by atoms with Crippen molar-refractivity contribution in [3.8, 4) is 5.69 Å². The molecule has 0 saturated carbocycles. The van der Waals surface area contributed by atoms with Crippen LogP contribution in [0.15, 0.2) is 42.5 Å². The van der Waals surface area contributed by atoms with E-state index < -0.39 is 11.6 Å². The number of rotatable bonds is 6. The van der Waals surface area contributed by atoms with Gasteiger partial charge in [-0.2, -0.15) is 5.10 Å². The van der Waals surface area contributed by atoms with E-state index >= 15 is 0 Å². The van der Waals surface area contributed by atoms with Crippen LogP contribution in [0.4, 0.5) is 8.78 Å². The van der Waals surface area contributed by atoms with Crippen molar-refractivity contribution in [2.45, 2.75) is 32.4 Å². The van der Waals surface area contributed by atoms with Gasteiger partial charge in [-0.05, 0) is 49.6 Å². The Morgan fingerprint density at radius 2 is 1.71 bits per heavy atom. The maximum absolute atomic E-state index is 13.8. The van der Waals surface area contributed by atoms with Gasteiger partial charge in [-0.15, -0.1) is 0 Å². The van der Waals surface area contributed by atoms with Gasteiger partial charge in [0, 0.05) is 56.6 Å². The highest BCUT2D eigenvalue weighted by atomic mass is 19.2. The molecule has 6 nitrogen and oxygen atoms in total. The molecule has 1 saturated heterocycles. The molecule has 0 spiro atoms. The Hall–Kier alpha value is -3.10. The molecule has 8 heteroatoms. The highest BCUT2D eigenvalue weighted by Crippen LogP contribution is 2.28. The van der Waals surface area contributed by atoms with Gasteiger partial charge in [0.05, 0.1) is 5.69 Å². The molecular weight excluding hydrogens is 436 g/mol. The number of fused-ring (bicyclic) bond motifs is 1. The Morgan fingerprint density at radius 3 is 2.44 bits per heavy atom. The first-order valence-electron chi connectivity index (χ1n) is 11.8. The minimum absolute atomic E-state index is 0.249. The standard InChI is InChI=1S/C26H29F2N5O/c1-31-11-13-32(14-12-31)17-19-7-5-18(6-8-19)16-29-26(34)25-21-3-2-4-24(21)33(30-25)20-9-10-22(27)23(28)15-20/h5-10,15H,2-4,11-14,16-17H2,1H3,(H,29,34). The predicted molar refractivity (Wildman–Crippen MR) is 126 cm³/mol. The summed E-state index contributed by atoms with van der Waals surface area (Å²) < 4.78 is 28.7. The van der Waals surface area contributed by atoms with Crippen molar-refractivity contribution in [2.75, 3.05) is 33.2 Å². The van der Waals surface area contributed by atoms with Crippen molar-refractivity contribution >= 4 is 5.91 Å². The molecule has 1 N–H and O–H groups in total. The number of nitrogens with one attached hydrogen (secondary N) is 1. The first-order valence-corrected chi connectivity index (χ1v) is 11.8. The molecule has 34 heavy (non-hydrogen) atoms. The average Bonchev–Trinajstić information content (AvgIpc) is 3.45. The van der Waals surface area contributed by atoms with Crippen molar-refractivity contribution in [3.05, 3.63) is 82.2 Å². The van der Waals surface area contributed by atoms with Gasteiger partial charge < -0.3 is 10.2 Å². The third kappa shape index (κ3) is 4.74. The summed E-state index contributed by atoms with van der Waals surface area (Å²) in [6.45, 7) is 5.69. The molecule has 1 aliphatic heterocycles.